The molecule has 0 unspecified atom stereocenters. The van der Waals surface area contributed by atoms with E-state index >= 15 is 0 Å². The van der Waals surface area contributed by atoms with Gasteiger partial charge in [-0.2, -0.15) is 0 Å². The molecule has 1 nitrogen and oxygen atoms in total. The summed E-state index contributed by atoms with van der Waals surface area (Å²) in [6.45, 7) is 4.00. The predicted molar refractivity (Wildman–Crippen MR) is 48.8 cm³/mol. The zero-order chi connectivity index (χ0) is 7.28. The van der Waals surface area contributed by atoms with Gasteiger partial charge in [-0.25, -0.2) is 0 Å². The summed E-state index contributed by atoms with van der Waals surface area (Å²) in [5.74, 6) is 0. The summed E-state index contributed by atoms with van der Waals surface area (Å²) >= 11 is 9.42. The lowest BCUT2D eigenvalue weighted by Gasteiger charge is -1.87. The molecule has 1 heterocycles. The first-order valence-electron chi connectivity index (χ1n) is 2.82. The summed E-state index contributed by atoms with van der Waals surface area (Å²) < 4.78 is 0. The van der Waals surface area contributed by atoms with E-state index in [1.54, 1.807) is 12.2 Å². The van der Waals surface area contributed by atoms with Crippen molar-refractivity contribution in [3.8, 4) is 0 Å². The minimum absolute atomic E-state index is 0.713. The Balaban J connectivity index is 0.000000291. The first-order valence-corrected chi connectivity index (χ1v) is 3.64. The molecule has 0 aromatic carbocycles. The molecule has 0 saturated heterocycles. The zero-order valence-corrected chi connectivity index (χ0v) is 7.10. The van der Waals surface area contributed by atoms with E-state index < -0.39 is 0 Å². The van der Waals surface area contributed by atoms with Crippen LogP contribution in [0.15, 0.2) is 12.2 Å². The molecule has 1 N–H and O–H groups in total. The molecule has 0 bridgehead atoms. The number of hydrogen-bond donors (Lipinski definition) is 1. The molecule has 0 aromatic heterocycles. The number of rotatable bonds is 0. The molecule has 0 atom stereocenters. The lowest BCUT2D eigenvalue weighted by atomic mass is 10.6. The molecule has 0 radical (unpaired) electrons. The molecule has 1 rings (SSSR count). The van der Waals surface area contributed by atoms with Gasteiger partial charge >= 0.3 is 0 Å². The molecule has 0 amide bonds. The van der Waals surface area contributed by atoms with Crippen LogP contribution < -0.4 is 5.32 Å². The molecule has 1 aliphatic rings. The van der Waals surface area contributed by atoms with Crippen molar-refractivity contribution in [2.24, 2.45) is 0 Å². The lowest BCUT2D eigenvalue weighted by molar-refractivity contribution is 1.50. The van der Waals surface area contributed by atoms with Crippen LogP contribution in [0.3, 0.4) is 0 Å². The Morgan fingerprint density at radius 1 is 1.11 bits per heavy atom. The second kappa shape index (κ2) is 4.58. The van der Waals surface area contributed by atoms with Crippen LogP contribution in [0.4, 0.5) is 0 Å². The highest BCUT2D eigenvalue weighted by molar-refractivity contribution is 7.82. The van der Waals surface area contributed by atoms with Crippen molar-refractivity contribution in [1.29, 1.82) is 0 Å². The average Bonchev–Trinajstić information content (AvgIpc) is 2.20. The highest BCUT2D eigenvalue weighted by Crippen LogP contribution is 1.88. The molecular formula is C6H9NS2. The van der Waals surface area contributed by atoms with Crippen molar-refractivity contribution in [1.82, 2.24) is 5.32 Å². The minimum atomic E-state index is 0.713. The van der Waals surface area contributed by atoms with Gasteiger partial charge in [-0.3, -0.25) is 0 Å². The van der Waals surface area contributed by atoms with Gasteiger partial charge < -0.3 is 5.32 Å². The lowest BCUT2D eigenvalue weighted by Crippen LogP contribution is -2.16. The van der Waals surface area contributed by atoms with E-state index in [1.165, 1.54) is 0 Å². The Morgan fingerprint density at radius 3 is 1.56 bits per heavy atom. The summed E-state index contributed by atoms with van der Waals surface area (Å²) in [5.41, 5.74) is 0. The van der Waals surface area contributed by atoms with Crippen LogP contribution in [0.1, 0.15) is 13.8 Å². The molecule has 1 aliphatic heterocycles. The molecule has 3 heteroatoms. The molecular weight excluding hydrogens is 150 g/mol. The fraction of sp³-hybridized carbons (Fsp3) is 0.333. The number of nitrogens with one attached hydrogen (secondary N) is 1. The van der Waals surface area contributed by atoms with Crippen molar-refractivity contribution < 1.29 is 0 Å². The van der Waals surface area contributed by atoms with Gasteiger partial charge in [0, 0.05) is 0 Å². The molecule has 0 saturated carbocycles. The summed E-state index contributed by atoms with van der Waals surface area (Å²) in [7, 11) is 0. The van der Waals surface area contributed by atoms with Crippen LogP contribution in [0, 0.1) is 0 Å². The topological polar surface area (TPSA) is 12.0 Å². The quantitative estimate of drug-likeness (QED) is 0.542. The predicted octanol–water partition coefficient (Wildman–Crippen LogP) is 1.83. The standard InChI is InChI=1S/C4H3NS2.C2H6/c6-3-1-2-4(7)5-3;1-2/h1-2H,(H,5,6,7);1-2H3. The molecule has 0 aromatic rings. The molecule has 0 aliphatic carbocycles. The van der Waals surface area contributed by atoms with E-state index in [2.05, 4.69) is 5.32 Å². The third-order valence-electron chi connectivity index (χ3n) is 0.632. The van der Waals surface area contributed by atoms with Crippen molar-refractivity contribution in [3.63, 3.8) is 0 Å². The third-order valence-corrected chi connectivity index (χ3v) is 1.11. The van der Waals surface area contributed by atoms with Gasteiger partial charge in [-0.15, -0.1) is 0 Å². The van der Waals surface area contributed by atoms with Crippen LogP contribution in [0.25, 0.3) is 0 Å². The summed E-state index contributed by atoms with van der Waals surface area (Å²) in [5, 5.41) is 2.77. The SMILES string of the molecule is CC.S=C1C=CC(=S)N1. The van der Waals surface area contributed by atoms with E-state index in [4.69, 9.17) is 24.4 Å². The van der Waals surface area contributed by atoms with E-state index in [1.807, 2.05) is 13.8 Å². The fourth-order valence-electron chi connectivity index (χ4n) is 0.356. The van der Waals surface area contributed by atoms with Gasteiger partial charge in [0.1, 0.15) is 9.98 Å². The van der Waals surface area contributed by atoms with Crippen molar-refractivity contribution in [2.75, 3.05) is 0 Å². The molecule has 0 spiro atoms. The number of thiocarbonyl (C=S) groups is 2. The molecule has 50 valence electrons. The molecule has 0 fully saturated rings. The maximum Gasteiger partial charge on any atom is 0.104 e. The highest BCUT2D eigenvalue weighted by atomic mass is 32.1. The van der Waals surface area contributed by atoms with Crippen molar-refractivity contribution >= 4 is 34.4 Å². The number of hydrogen-bond acceptors (Lipinski definition) is 2. The monoisotopic (exact) mass is 159 g/mol. The van der Waals surface area contributed by atoms with Crippen molar-refractivity contribution in [2.45, 2.75) is 13.8 Å². The van der Waals surface area contributed by atoms with Crippen molar-refractivity contribution in [3.05, 3.63) is 12.2 Å². The van der Waals surface area contributed by atoms with Gasteiger partial charge in [-0.05, 0) is 12.2 Å². The Bertz CT molecular complexity index is 133. The maximum atomic E-state index is 4.71. The van der Waals surface area contributed by atoms with E-state index in [0.29, 0.717) is 9.98 Å². The summed E-state index contributed by atoms with van der Waals surface area (Å²) in [6, 6.07) is 0. The van der Waals surface area contributed by atoms with Crippen LogP contribution >= 0.6 is 24.4 Å². The van der Waals surface area contributed by atoms with E-state index in [-0.39, 0.29) is 0 Å². The third kappa shape index (κ3) is 3.32. The van der Waals surface area contributed by atoms with Crippen LogP contribution in [-0.4, -0.2) is 9.98 Å². The molecule has 9 heavy (non-hydrogen) atoms. The Kier molecular flexibility index (Phi) is 4.44. The second-order valence-corrected chi connectivity index (χ2v) is 2.07. The van der Waals surface area contributed by atoms with Gasteiger partial charge in [0.25, 0.3) is 0 Å². The van der Waals surface area contributed by atoms with Gasteiger partial charge in [0.15, 0.2) is 0 Å². The Hall–Kier alpha value is -0.280. The average molecular weight is 159 g/mol. The zero-order valence-electron chi connectivity index (χ0n) is 5.47. The Labute approximate surface area is 66.1 Å². The first-order chi connectivity index (χ1) is 4.29. The first kappa shape index (κ1) is 8.72. The van der Waals surface area contributed by atoms with E-state index in [0.717, 1.165) is 0 Å². The van der Waals surface area contributed by atoms with Gasteiger partial charge in [0.2, 0.25) is 0 Å². The highest BCUT2D eigenvalue weighted by Gasteiger charge is 1.98. The van der Waals surface area contributed by atoms with Crippen LogP contribution in [0.5, 0.6) is 0 Å². The second-order valence-electron chi connectivity index (χ2n) is 1.19. The normalized spacial score (nSPS) is 14.4. The maximum absolute atomic E-state index is 4.71. The summed E-state index contributed by atoms with van der Waals surface area (Å²) in [6.07, 6.45) is 3.55. The van der Waals surface area contributed by atoms with E-state index in [9.17, 15) is 0 Å². The fourth-order valence-corrected chi connectivity index (χ4v) is 0.777. The smallest absolute Gasteiger partial charge is 0.104 e. The largest absolute Gasteiger partial charge is 0.338 e. The van der Waals surface area contributed by atoms with Gasteiger partial charge in [0.05, 0.1) is 0 Å². The van der Waals surface area contributed by atoms with Crippen LogP contribution in [0.2, 0.25) is 0 Å². The minimum Gasteiger partial charge on any atom is -0.338 e. The van der Waals surface area contributed by atoms with Gasteiger partial charge in [-0.1, -0.05) is 38.3 Å². The summed E-state index contributed by atoms with van der Waals surface area (Å²) in [4.78, 5) is 1.43. The Morgan fingerprint density at radius 2 is 1.44 bits per heavy atom. The van der Waals surface area contributed by atoms with Crippen LogP contribution in [-0.2, 0) is 0 Å².